The predicted octanol–water partition coefficient (Wildman–Crippen LogP) is 5.73. The van der Waals surface area contributed by atoms with E-state index in [2.05, 4.69) is 56.1 Å². The highest BCUT2D eigenvalue weighted by Crippen LogP contribution is 2.35. The van der Waals surface area contributed by atoms with Crippen LogP contribution in [-0.4, -0.2) is 36.0 Å². The number of hydrogen-bond acceptors (Lipinski definition) is 3. The van der Waals surface area contributed by atoms with Crippen LogP contribution in [0.3, 0.4) is 0 Å². The van der Waals surface area contributed by atoms with E-state index in [-0.39, 0.29) is 11.3 Å². The minimum absolute atomic E-state index is 0.0965. The number of hydrogen-bond donors (Lipinski definition) is 0. The van der Waals surface area contributed by atoms with Gasteiger partial charge in [-0.15, -0.1) is 0 Å². The van der Waals surface area contributed by atoms with Crippen molar-refractivity contribution in [2.24, 2.45) is 11.8 Å². The van der Waals surface area contributed by atoms with Gasteiger partial charge in [-0.2, -0.15) is 0 Å². The van der Waals surface area contributed by atoms with E-state index in [1.165, 1.54) is 5.56 Å². The molecule has 1 saturated heterocycles. The SMILES string of the molecule is COc1nc(C(=C[C@H]2CCN(C(=O)C3CC3)C2)c2ccc(C(C)(C)C)cc2)ccc1Cl. The quantitative estimate of drug-likeness (QED) is 0.598. The van der Waals surface area contributed by atoms with Gasteiger partial charge in [-0.05, 0) is 53.9 Å². The van der Waals surface area contributed by atoms with Crippen molar-refractivity contribution in [3.05, 3.63) is 64.3 Å². The van der Waals surface area contributed by atoms with E-state index in [9.17, 15) is 4.79 Å². The molecular formula is C26H31ClN2O2. The molecule has 4 nitrogen and oxygen atoms in total. The molecule has 1 atom stereocenters. The average Bonchev–Trinajstić information content (AvgIpc) is 3.50. The molecule has 31 heavy (non-hydrogen) atoms. The van der Waals surface area contributed by atoms with E-state index in [4.69, 9.17) is 16.3 Å². The van der Waals surface area contributed by atoms with Gasteiger partial charge in [-0.25, -0.2) is 4.98 Å². The molecule has 1 aromatic carbocycles. The third-order valence-electron chi connectivity index (χ3n) is 6.21. The van der Waals surface area contributed by atoms with Crippen molar-refractivity contribution in [1.82, 2.24) is 9.88 Å². The van der Waals surface area contributed by atoms with Crippen LogP contribution in [-0.2, 0) is 10.2 Å². The van der Waals surface area contributed by atoms with Crippen molar-refractivity contribution in [2.75, 3.05) is 20.2 Å². The number of carbonyl (C=O) groups excluding carboxylic acids is 1. The maximum atomic E-state index is 12.5. The highest BCUT2D eigenvalue weighted by molar-refractivity contribution is 6.31. The molecule has 2 fully saturated rings. The van der Waals surface area contributed by atoms with Gasteiger partial charge in [0.2, 0.25) is 11.8 Å². The van der Waals surface area contributed by atoms with Crippen molar-refractivity contribution >= 4 is 23.1 Å². The van der Waals surface area contributed by atoms with Gasteiger partial charge in [0.05, 0.1) is 12.8 Å². The molecule has 0 spiro atoms. The number of pyridine rings is 1. The first kappa shape index (κ1) is 21.9. The minimum Gasteiger partial charge on any atom is -0.480 e. The zero-order valence-electron chi connectivity index (χ0n) is 18.8. The number of nitrogens with zero attached hydrogens (tertiary/aromatic N) is 2. The van der Waals surface area contributed by atoms with E-state index in [1.807, 2.05) is 17.0 Å². The van der Waals surface area contributed by atoms with Crippen molar-refractivity contribution < 1.29 is 9.53 Å². The van der Waals surface area contributed by atoms with Gasteiger partial charge in [0.25, 0.3) is 0 Å². The lowest BCUT2D eigenvalue weighted by Crippen LogP contribution is -2.29. The van der Waals surface area contributed by atoms with Crippen molar-refractivity contribution in [2.45, 2.75) is 45.4 Å². The summed E-state index contributed by atoms with van der Waals surface area (Å²) >= 11 is 6.23. The first-order valence-corrected chi connectivity index (χ1v) is 11.5. The van der Waals surface area contributed by atoms with Crippen LogP contribution in [0.2, 0.25) is 5.02 Å². The summed E-state index contributed by atoms with van der Waals surface area (Å²) in [5.74, 6) is 1.34. The van der Waals surface area contributed by atoms with Gasteiger partial charge in [0.1, 0.15) is 5.02 Å². The summed E-state index contributed by atoms with van der Waals surface area (Å²) in [5.41, 5.74) is 4.38. The molecular weight excluding hydrogens is 408 g/mol. The van der Waals surface area contributed by atoms with E-state index in [0.29, 0.717) is 22.7 Å². The number of benzene rings is 1. The lowest BCUT2D eigenvalue weighted by atomic mass is 9.85. The molecule has 2 heterocycles. The summed E-state index contributed by atoms with van der Waals surface area (Å²) in [6.45, 7) is 8.27. The molecule has 5 heteroatoms. The Labute approximate surface area is 190 Å². The highest BCUT2D eigenvalue weighted by Gasteiger charge is 2.36. The first-order chi connectivity index (χ1) is 14.8. The minimum atomic E-state index is 0.0965. The smallest absolute Gasteiger partial charge is 0.232 e. The number of halogens is 1. The van der Waals surface area contributed by atoms with Crippen LogP contribution in [0.4, 0.5) is 0 Å². The summed E-state index contributed by atoms with van der Waals surface area (Å²) in [6.07, 6.45) is 5.36. The van der Waals surface area contributed by atoms with Gasteiger partial charge in [0.15, 0.2) is 0 Å². The molecule has 2 aromatic rings. The lowest BCUT2D eigenvalue weighted by Gasteiger charge is -2.20. The monoisotopic (exact) mass is 438 g/mol. The van der Waals surface area contributed by atoms with E-state index < -0.39 is 0 Å². The molecule has 1 amide bonds. The van der Waals surface area contributed by atoms with Gasteiger partial charge in [0, 0.05) is 24.6 Å². The molecule has 164 valence electrons. The van der Waals surface area contributed by atoms with Crippen LogP contribution in [0.1, 0.15) is 56.9 Å². The standard InChI is InChI=1S/C26H31ClN2O2/c1-26(2,3)20-9-7-18(8-10-20)21(23-12-11-22(27)24(28-23)31-4)15-17-13-14-29(16-17)25(30)19-5-6-19/h7-12,15,17,19H,5-6,13-14,16H2,1-4H3/t17-/m1/s1. The van der Waals surface area contributed by atoms with E-state index >= 15 is 0 Å². The topological polar surface area (TPSA) is 42.4 Å². The number of aromatic nitrogens is 1. The molecule has 1 aliphatic carbocycles. The summed E-state index contributed by atoms with van der Waals surface area (Å²) in [4.78, 5) is 19.2. The second-order valence-corrected chi connectivity index (χ2v) is 10.1. The average molecular weight is 439 g/mol. The Bertz CT molecular complexity index is 987. The number of methoxy groups -OCH3 is 1. The van der Waals surface area contributed by atoms with Crippen LogP contribution in [0, 0.1) is 11.8 Å². The molecule has 2 aliphatic rings. The Balaban J connectivity index is 1.67. The highest BCUT2D eigenvalue weighted by atomic mass is 35.5. The first-order valence-electron chi connectivity index (χ1n) is 11.1. The molecule has 0 N–H and O–H groups in total. The van der Waals surface area contributed by atoms with Crippen LogP contribution >= 0.6 is 11.6 Å². The Hall–Kier alpha value is -2.33. The largest absolute Gasteiger partial charge is 0.480 e. The third kappa shape index (κ3) is 4.95. The number of carbonyl (C=O) groups is 1. The Morgan fingerprint density at radius 2 is 1.84 bits per heavy atom. The van der Waals surface area contributed by atoms with Crippen LogP contribution < -0.4 is 4.74 Å². The molecule has 0 radical (unpaired) electrons. The maximum absolute atomic E-state index is 12.5. The van der Waals surface area contributed by atoms with Crippen LogP contribution in [0.5, 0.6) is 5.88 Å². The Morgan fingerprint density at radius 3 is 2.45 bits per heavy atom. The fraction of sp³-hybridized carbons (Fsp3) is 0.462. The van der Waals surface area contributed by atoms with E-state index in [0.717, 1.165) is 49.2 Å². The summed E-state index contributed by atoms with van der Waals surface area (Å²) in [7, 11) is 1.58. The zero-order valence-corrected chi connectivity index (χ0v) is 19.6. The third-order valence-corrected chi connectivity index (χ3v) is 6.50. The van der Waals surface area contributed by atoms with Crippen molar-refractivity contribution in [1.29, 1.82) is 0 Å². The molecule has 1 saturated carbocycles. The second kappa shape index (κ2) is 8.66. The maximum Gasteiger partial charge on any atom is 0.232 e. The fourth-order valence-electron chi connectivity index (χ4n) is 4.14. The summed E-state index contributed by atoms with van der Waals surface area (Å²) < 4.78 is 5.36. The van der Waals surface area contributed by atoms with Gasteiger partial charge >= 0.3 is 0 Å². The number of rotatable bonds is 5. The van der Waals surface area contributed by atoms with Crippen molar-refractivity contribution in [3.8, 4) is 5.88 Å². The molecule has 1 aromatic heterocycles. The molecule has 0 unspecified atom stereocenters. The number of likely N-dealkylation sites (tertiary alicyclic amines) is 1. The molecule has 0 bridgehead atoms. The van der Waals surface area contributed by atoms with Crippen LogP contribution in [0.15, 0.2) is 42.5 Å². The summed E-state index contributed by atoms with van der Waals surface area (Å²) in [5, 5.41) is 0.496. The molecule has 4 rings (SSSR count). The Kier molecular flexibility index (Phi) is 6.11. The number of amides is 1. The predicted molar refractivity (Wildman–Crippen MR) is 125 cm³/mol. The Morgan fingerprint density at radius 1 is 1.13 bits per heavy atom. The van der Waals surface area contributed by atoms with Gasteiger partial charge in [-0.3, -0.25) is 4.79 Å². The lowest BCUT2D eigenvalue weighted by molar-refractivity contribution is -0.131. The number of ether oxygens (including phenoxy) is 1. The van der Waals surface area contributed by atoms with Gasteiger partial charge in [-0.1, -0.05) is 62.7 Å². The van der Waals surface area contributed by atoms with Crippen molar-refractivity contribution in [3.63, 3.8) is 0 Å². The molecule has 1 aliphatic heterocycles. The zero-order chi connectivity index (χ0) is 22.2. The van der Waals surface area contributed by atoms with Gasteiger partial charge < -0.3 is 9.64 Å². The fourth-order valence-corrected chi connectivity index (χ4v) is 4.33. The van der Waals surface area contributed by atoms with Crippen LogP contribution in [0.25, 0.3) is 5.57 Å². The normalized spacial score (nSPS) is 19.6. The summed E-state index contributed by atoms with van der Waals surface area (Å²) in [6, 6.07) is 12.5. The second-order valence-electron chi connectivity index (χ2n) is 9.70. The van der Waals surface area contributed by atoms with E-state index in [1.54, 1.807) is 7.11 Å².